The molecule has 4 heterocycles. The summed E-state index contributed by atoms with van der Waals surface area (Å²) in [6.45, 7) is 2.09. The first-order valence-corrected chi connectivity index (χ1v) is 14.2. The number of para-hydroxylation sites is 2. The van der Waals surface area contributed by atoms with Crippen molar-refractivity contribution in [1.29, 1.82) is 0 Å². The van der Waals surface area contributed by atoms with Crippen LogP contribution < -0.4 is 0 Å². The molecule has 40 heavy (non-hydrogen) atoms. The first kappa shape index (κ1) is 21.9. The van der Waals surface area contributed by atoms with Gasteiger partial charge in [-0.1, -0.05) is 78.9 Å². The van der Waals surface area contributed by atoms with Gasteiger partial charge >= 0.3 is 0 Å². The average molecular weight is 531 g/mol. The molecule has 0 N–H and O–H groups in total. The zero-order valence-electron chi connectivity index (χ0n) is 21.7. The van der Waals surface area contributed by atoms with E-state index in [1.165, 1.54) is 38.0 Å². The van der Waals surface area contributed by atoms with E-state index in [9.17, 15) is 0 Å². The van der Waals surface area contributed by atoms with Crippen molar-refractivity contribution in [3.05, 3.63) is 120 Å². The van der Waals surface area contributed by atoms with Gasteiger partial charge in [0.25, 0.3) is 0 Å². The third-order valence-corrected chi connectivity index (χ3v) is 9.02. The molecule has 0 bridgehead atoms. The van der Waals surface area contributed by atoms with Crippen molar-refractivity contribution < 1.29 is 0 Å². The molecule has 0 unspecified atom stereocenters. The zero-order valence-corrected chi connectivity index (χ0v) is 22.5. The van der Waals surface area contributed by atoms with E-state index in [-0.39, 0.29) is 0 Å². The van der Waals surface area contributed by atoms with E-state index in [0.717, 1.165) is 43.3 Å². The molecule has 0 atom stereocenters. The Labute approximate surface area is 233 Å². The van der Waals surface area contributed by atoms with Crippen LogP contribution in [0.2, 0.25) is 0 Å². The fraction of sp³-hybridized carbons (Fsp3) is 0.0286. The molecule has 4 aromatic heterocycles. The van der Waals surface area contributed by atoms with Gasteiger partial charge in [0.15, 0.2) is 0 Å². The number of nitrogens with zero attached hydrogens (tertiary/aromatic N) is 4. The van der Waals surface area contributed by atoms with E-state index >= 15 is 0 Å². The maximum Gasteiger partial charge on any atom is 0.146 e. The van der Waals surface area contributed by atoms with Gasteiger partial charge in [-0.25, -0.2) is 9.97 Å². The molecule has 0 amide bonds. The molecule has 5 heteroatoms. The minimum absolute atomic E-state index is 0.967. The lowest BCUT2D eigenvalue weighted by atomic mass is 10.0. The van der Waals surface area contributed by atoms with Gasteiger partial charge in [-0.05, 0) is 48.0 Å². The molecule has 5 aromatic carbocycles. The van der Waals surface area contributed by atoms with Gasteiger partial charge in [0, 0.05) is 32.8 Å². The van der Waals surface area contributed by atoms with Crippen LogP contribution in [0.3, 0.4) is 0 Å². The predicted octanol–water partition coefficient (Wildman–Crippen LogP) is 9.32. The van der Waals surface area contributed by atoms with Crippen LogP contribution in [0.5, 0.6) is 0 Å². The number of fused-ring (bicyclic) bond motifs is 11. The number of hydrogen-bond acceptors (Lipinski definition) is 3. The van der Waals surface area contributed by atoms with Crippen LogP contribution in [0, 0.1) is 6.92 Å². The van der Waals surface area contributed by atoms with Gasteiger partial charge < -0.3 is 4.57 Å². The number of benzene rings is 5. The lowest BCUT2D eigenvalue weighted by Gasteiger charge is -2.11. The molecule has 0 radical (unpaired) electrons. The van der Waals surface area contributed by atoms with Gasteiger partial charge in [-0.3, -0.25) is 4.40 Å². The highest BCUT2D eigenvalue weighted by Crippen LogP contribution is 2.39. The third-order valence-electron chi connectivity index (χ3n) is 8.07. The monoisotopic (exact) mass is 530 g/mol. The topological polar surface area (TPSA) is 35.1 Å². The van der Waals surface area contributed by atoms with Crippen LogP contribution >= 0.6 is 11.3 Å². The van der Waals surface area contributed by atoms with Crippen molar-refractivity contribution in [3.63, 3.8) is 0 Å². The van der Waals surface area contributed by atoms with Gasteiger partial charge in [0.1, 0.15) is 16.0 Å². The zero-order chi connectivity index (χ0) is 26.4. The molecule has 0 spiro atoms. The van der Waals surface area contributed by atoms with E-state index in [1.54, 1.807) is 11.3 Å². The molecule has 188 valence electrons. The highest BCUT2D eigenvalue weighted by molar-refractivity contribution is 7.18. The minimum Gasteiger partial charge on any atom is -0.309 e. The highest BCUT2D eigenvalue weighted by Gasteiger charge is 2.19. The molecule has 0 saturated carbocycles. The fourth-order valence-electron chi connectivity index (χ4n) is 6.40. The number of hydrogen-bond donors (Lipinski definition) is 0. The van der Waals surface area contributed by atoms with Crippen molar-refractivity contribution in [1.82, 2.24) is 18.9 Å². The smallest absolute Gasteiger partial charge is 0.146 e. The number of thiazole rings is 1. The fourth-order valence-corrected chi connectivity index (χ4v) is 7.34. The number of aromatic nitrogens is 4. The van der Waals surface area contributed by atoms with E-state index in [0.29, 0.717) is 0 Å². The van der Waals surface area contributed by atoms with Crippen LogP contribution in [0.4, 0.5) is 0 Å². The average Bonchev–Trinajstić information content (AvgIpc) is 3.70. The molecule has 0 aliphatic rings. The van der Waals surface area contributed by atoms with E-state index in [2.05, 4.69) is 125 Å². The Hall–Kier alpha value is -5.00. The lowest BCUT2D eigenvalue weighted by molar-refractivity contribution is 1.18. The Bertz CT molecular complexity index is 2400. The second-order valence-corrected chi connectivity index (χ2v) is 11.5. The first-order valence-electron chi connectivity index (χ1n) is 13.4. The van der Waals surface area contributed by atoms with Crippen LogP contribution in [0.25, 0.3) is 76.3 Å². The predicted molar refractivity (Wildman–Crippen MR) is 168 cm³/mol. The van der Waals surface area contributed by atoms with Gasteiger partial charge in [0.2, 0.25) is 0 Å². The Balaban J connectivity index is 1.35. The first-order chi connectivity index (χ1) is 19.8. The number of pyridine rings is 1. The molecule has 4 nitrogen and oxygen atoms in total. The minimum atomic E-state index is 0.967. The maximum absolute atomic E-state index is 5.05. The molecule has 0 aliphatic carbocycles. The SMILES string of the molecule is Cc1nc2c3c4ccccc4ccc3c3ncc(-c4cccc(-n5c6ccccc6c6ccccc65)c4)n3c2s1. The Morgan fingerprint density at radius 1 is 0.675 bits per heavy atom. The molecule has 9 aromatic rings. The normalized spacial score (nSPS) is 12.1. The summed E-state index contributed by atoms with van der Waals surface area (Å²) in [5.74, 6) is 0. The maximum atomic E-state index is 5.05. The molecular formula is C35H22N4S. The molecule has 0 fully saturated rings. The van der Waals surface area contributed by atoms with Crippen molar-refractivity contribution in [2.24, 2.45) is 0 Å². The van der Waals surface area contributed by atoms with E-state index in [1.807, 2.05) is 6.20 Å². The number of imidazole rings is 1. The summed E-state index contributed by atoms with van der Waals surface area (Å²) in [5, 5.41) is 8.32. The van der Waals surface area contributed by atoms with E-state index < -0.39 is 0 Å². The summed E-state index contributed by atoms with van der Waals surface area (Å²) < 4.78 is 4.67. The highest BCUT2D eigenvalue weighted by atomic mass is 32.1. The van der Waals surface area contributed by atoms with Crippen molar-refractivity contribution in [2.45, 2.75) is 6.92 Å². The van der Waals surface area contributed by atoms with Crippen molar-refractivity contribution in [2.75, 3.05) is 0 Å². The Morgan fingerprint density at radius 2 is 1.40 bits per heavy atom. The number of rotatable bonds is 2. The molecule has 0 aliphatic heterocycles. The second-order valence-electron chi connectivity index (χ2n) is 10.3. The summed E-state index contributed by atoms with van der Waals surface area (Å²) in [4.78, 5) is 11.2. The van der Waals surface area contributed by atoms with Crippen molar-refractivity contribution in [3.8, 4) is 16.9 Å². The van der Waals surface area contributed by atoms with Gasteiger partial charge in [0.05, 0.1) is 27.9 Å². The van der Waals surface area contributed by atoms with Crippen molar-refractivity contribution >= 4 is 70.7 Å². The van der Waals surface area contributed by atoms with E-state index in [4.69, 9.17) is 9.97 Å². The summed E-state index contributed by atoms with van der Waals surface area (Å²) in [7, 11) is 0. The Kier molecular flexibility index (Phi) is 4.38. The molecule has 9 rings (SSSR count). The van der Waals surface area contributed by atoms with Crippen LogP contribution in [-0.2, 0) is 0 Å². The lowest BCUT2D eigenvalue weighted by Crippen LogP contribution is -1.96. The van der Waals surface area contributed by atoms with Gasteiger partial charge in [-0.15, -0.1) is 11.3 Å². The largest absolute Gasteiger partial charge is 0.309 e. The summed E-state index contributed by atoms with van der Waals surface area (Å²) in [6, 6.07) is 39.1. The molecular weight excluding hydrogens is 508 g/mol. The molecule has 0 saturated heterocycles. The van der Waals surface area contributed by atoms with Crippen LogP contribution in [-0.4, -0.2) is 18.9 Å². The third kappa shape index (κ3) is 2.90. The summed E-state index contributed by atoms with van der Waals surface area (Å²) in [6.07, 6.45) is 2.02. The summed E-state index contributed by atoms with van der Waals surface area (Å²) >= 11 is 1.73. The second kappa shape index (κ2) is 8.01. The van der Waals surface area contributed by atoms with Crippen LogP contribution in [0.1, 0.15) is 5.01 Å². The van der Waals surface area contributed by atoms with Gasteiger partial charge in [-0.2, -0.15) is 0 Å². The standard InChI is InChI=1S/C35H22N4S/c1-21-37-33-32-25-12-3-2-9-22(25)17-18-28(32)34-36-20-31(39(34)35(33)40-21)23-10-8-11-24(19-23)38-29-15-6-4-13-26(29)27-14-5-7-16-30(27)38/h2-20H,1H3. The Morgan fingerprint density at radius 3 is 2.20 bits per heavy atom. The quantitative estimate of drug-likeness (QED) is 0.209. The summed E-state index contributed by atoms with van der Waals surface area (Å²) in [5.41, 5.74) is 7.75. The number of aryl methyl sites for hydroxylation is 1. The van der Waals surface area contributed by atoms with Crippen LogP contribution in [0.15, 0.2) is 115 Å².